The van der Waals surface area contributed by atoms with Gasteiger partial charge >= 0.3 is 0 Å². The van der Waals surface area contributed by atoms with Crippen LogP contribution in [0.1, 0.15) is 33.4 Å². The van der Waals surface area contributed by atoms with Crippen molar-refractivity contribution in [1.29, 1.82) is 0 Å². The summed E-state index contributed by atoms with van der Waals surface area (Å²) in [6.07, 6.45) is 1.80. The van der Waals surface area contributed by atoms with E-state index in [0.29, 0.717) is 18.4 Å². The van der Waals surface area contributed by atoms with Crippen LogP contribution in [0.25, 0.3) is 0 Å². The summed E-state index contributed by atoms with van der Waals surface area (Å²) in [4.78, 5) is 8.82. The molecule has 0 amide bonds. The van der Waals surface area contributed by atoms with Crippen molar-refractivity contribution in [3.8, 4) is 0 Å². The van der Waals surface area contributed by atoms with Crippen molar-refractivity contribution in [2.45, 2.75) is 34.2 Å². The molecule has 4 heteroatoms. The molecule has 0 aliphatic heterocycles. The van der Waals surface area contributed by atoms with E-state index in [1.807, 2.05) is 18.2 Å². The Balaban J connectivity index is 2.51. The maximum atomic E-state index is 4.55. The van der Waals surface area contributed by atoms with Gasteiger partial charge in [-0.25, -0.2) is 4.99 Å². The summed E-state index contributed by atoms with van der Waals surface area (Å²) in [5.74, 6) is 2.16. The predicted octanol–water partition coefficient (Wildman–Crippen LogP) is 2.43. The number of rotatable bonds is 6. The molecule has 0 bridgehead atoms. The number of pyridine rings is 1. The topological polar surface area (TPSA) is 49.3 Å². The van der Waals surface area contributed by atoms with E-state index in [1.54, 1.807) is 6.20 Å². The second-order valence-electron chi connectivity index (χ2n) is 5.12. The fourth-order valence-electron chi connectivity index (χ4n) is 1.49. The molecule has 0 saturated heterocycles. The van der Waals surface area contributed by atoms with Crippen molar-refractivity contribution in [2.75, 3.05) is 13.1 Å². The molecule has 19 heavy (non-hydrogen) atoms. The molecule has 0 fully saturated rings. The van der Waals surface area contributed by atoms with Crippen molar-refractivity contribution >= 4 is 5.96 Å². The minimum Gasteiger partial charge on any atom is -0.357 e. The zero-order valence-corrected chi connectivity index (χ0v) is 12.5. The maximum Gasteiger partial charge on any atom is 0.191 e. The Kier molecular flexibility index (Phi) is 6.93. The molecule has 2 N–H and O–H groups in total. The highest BCUT2D eigenvalue weighted by Gasteiger charge is 2.07. The third kappa shape index (κ3) is 6.22. The lowest BCUT2D eigenvalue weighted by atomic mass is 9.98. The third-order valence-electron chi connectivity index (χ3n) is 3.20. The van der Waals surface area contributed by atoms with Gasteiger partial charge in [0.25, 0.3) is 0 Å². The van der Waals surface area contributed by atoms with Crippen LogP contribution in [-0.2, 0) is 6.54 Å². The molecule has 106 valence electrons. The molecule has 4 nitrogen and oxygen atoms in total. The molecule has 1 aromatic rings. The molecule has 0 radical (unpaired) electrons. The first-order valence-corrected chi connectivity index (χ1v) is 7.05. The van der Waals surface area contributed by atoms with Crippen LogP contribution in [0.2, 0.25) is 0 Å². The van der Waals surface area contributed by atoms with Crippen LogP contribution in [0.3, 0.4) is 0 Å². The molecule has 0 saturated carbocycles. The highest BCUT2D eigenvalue weighted by molar-refractivity contribution is 5.79. The molecule has 1 atom stereocenters. The monoisotopic (exact) mass is 262 g/mol. The van der Waals surface area contributed by atoms with Gasteiger partial charge in [0, 0.05) is 19.3 Å². The quantitative estimate of drug-likeness (QED) is 0.611. The number of aromatic nitrogens is 1. The second-order valence-corrected chi connectivity index (χ2v) is 5.12. The number of guanidine groups is 1. The van der Waals surface area contributed by atoms with Crippen LogP contribution in [0.4, 0.5) is 0 Å². The molecule has 0 aromatic carbocycles. The van der Waals surface area contributed by atoms with E-state index in [4.69, 9.17) is 0 Å². The first kappa shape index (κ1) is 15.5. The van der Waals surface area contributed by atoms with Gasteiger partial charge in [0.15, 0.2) is 5.96 Å². The maximum absolute atomic E-state index is 4.55. The summed E-state index contributed by atoms with van der Waals surface area (Å²) in [5, 5.41) is 6.64. The van der Waals surface area contributed by atoms with Gasteiger partial charge in [0.05, 0.1) is 12.2 Å². The zero-order valence-electron chi connectivity index (χ0n) is 12.5. The van der Waals surface area contributed by atoms with Crippen LogP contribution < -0.4 is 10.6 Å². The van der Waals surface area contributed by atoms with Crippen LogP contribution >= 0.6 is 0 Å². The van der Waals surface area contributed by atoms with Gasteiger partial charge in [-0.1, -0.05) is 26.8 Å². The Morgan fingerprint density at radius 3 is 2.63 bits per heavy atom. The van der Waals surface area contributed by atoms with Gasteiger partial charge in [-0.15, -0.1) is 0 Å². The second kappa shape index (κ2) is 8.51. The summed E-state index contributed by atoms with van der Waals surface area (Å²) in [6, 6.07) is 5.89. The summed E-state index contributed by atoms with van der Waals surface area (Å²) in [6.45, 7) is 11.2. The minimum absolute atomic E-state index is 0.603. The molecule has 1 heterocycles. The number of hydrogen-bond donors (Lipinski definition) is 2. The fourth-order valence-corrected chi connectivity index (χ4v) is 1.49. The highest BCUT2D eigenvalue weighted by Crippen LogP contribution is 2.07. The Morgan fingerprint density at radius 1 is 1.26 bits per heavy atom. The Hall–Kier alpha value is -1.58. The van der Waals surface area contributed by atoms with E-state index in [2.05, 4.69) is 48.3 Å². The van der Waals surface area contributed by atoms with Gasteiger partial charge in [0.2, 0.25) is 0 Å². The molecule has 1 aromatic heterocycles. The van der Waals surface area contributed by atoms with Gasteiger partial charge in [-0.3, -0.25) is 4.98 Å². The van der Waals surface area contributed by atoms with Crippen molar-refractivity contribution < 1.29 is 0 Å². The molecule has 0 aliphatic carbocycles. The molecular weight excluding hydrogens is 236 g/mol. The fraction of sp³-hybridized carbons (Fsp3) is 0.600. The van der Waals surface area contributed by atoms with Crippen LogP contribution in [0.15, 0.2) is 29.4 Å². The first-order valence-electron chi connectivity index (χ1n) is 7.05. The Morgan fingerprint density at radius 2 is 2.05 bits per heavy atom. The lowest BCUT2D eigenvalue weighted by Gasteiger charge is -2.18. The average molecular weight is 262 g/mol. The SMILES string of the molecule is CCNC(=NCc1ccccn1)NCC(C)C(C)C. The molecule has 0 aliphatic rings. The van der Waals surface area contributed by atoms with Crippen molar-refractivity contribution in [3.63, 3.8) is 0 Å². The number of hydrogen-bond acceptors (Lipinski definition) is 2. The summed E-state index contributed by atoms with van der Waals surface area (Å²) in [5.41, 5.74) is 0.983. The summed E-state index contributed by atoms with van der Waals surface area (Å²) >= 11 is 0. The average Bonchev–Trinajstić information content (AvgIpc) is 2.42. The molecule has 1 unspecified atom stereocenters. The van der Waals surface area contributed by atoms with Crippen molar-refractivity contribution in [3.05, 3.63) is 30.1 Å². The first-order chi connectivity index (χ1) is 9.13. The van der Waals surface area contributed by atoms with Crippen molar-refractivity contribution in [1.82, 2.24) is 15.6 Å². The molecule has 0 spiro atoms. The normalized spacial score (nSPS) is 13.4. The molecular formula is C15H26N4. The standard InChI is InChI=1S/C15H26N4/c1-5-16-15(18-10-13(4)12(2)3)19-11-14-8-6-7-9-17-14/h6-9,12-13H,5,10-11H2,1-4H3,(H2,16,18,19). The van der Waals surface area contributed by atoms with Crippen LogP contribution in [-0.4, -0.2) is 24.0 Å². The van der Waals surface area contributed by atoms with E-state index >= 15 is 0 Å². The summed E-state index contributed by atoms with van der Waals surface area (Å²) in [7, 11) is 0. The van der Waals surface area contributed by atoms with E-state index in [0.717, 1.165) is 24.7 Å². The van der Waals surface area contributed by atoms with Gasteiger partial charge in [-0.05, 0) is 30.9 Å². The lowest BCUT2D eigenvalue weighted by molar-refractivity contribution is 0.413. The Labute approximate surface area is 116 Å². The number of aliphatic imine (C=N–C) groups is 1. The lowest BCUT2D eigenvalue weighted by Crippen LogP contribution is -2.40. The van der Waals surface area contributed by atoms with Gasteiger partial charge in [-0.2, -0.15) is 0 Å². The smallest absolute Gasteiger partial charge is 0.191 e. The van der Waals surface area contributed by atoms with E-state index in [9.17, 15) is 0 Å². The number of nitrogens with zero attached hydrogens (tertiary/aromatic N) is 2. The van der Waals surface area contributed by atoms with E-state index in [1.165, 1.54) is 0 Å². The molecule has 1 rings (SSSR count). The van der Waals surface area contributed by atoms with Gasteiger partial charge in [0.1, 0.15) is 0 Å². The largest absolute Gasteiger partial charge is 0.357 e. The number of nitrogens with one attached hydrogen (secondary N) is 2. The third-order valence-corrected chi connectivity index (χ3v) is 3.20. The van der Waals surface area contributed by atoms with E-state index in [-0.39, 0.29) is 0 Å². The predicted molar refractivity (Wildman–Crippen MR) is 81.1 cm³/mol. The van der Waals surface area contributed by atoms with Gasteiger partial charge < -0.3 is 10.6 Å². The summed E-state index contributed by atoms with van der Waals surface area (Å²) < 4.78 is 0. The van der Waals surface area contributed by atoms with Crippen molar-refractivity contribution in [2.24, 2.45) is 16.8 Å². The minimum atomic E-state index is 0.603. The zero-order chi connectivity index (χ0) is 14.1. The van der Waals surface area contributed by atoms with Crippen LogP contribution in [0.5, 0.6) is 0 Å². The highest BCUT2D eigenvalue weighted by atomic mass is 15.2. The van der Waals surface area contributed by atoms with E-state index < -0.39 is 0 Å². The van der Waals surface area contributed by atoms with Crippen LogP contribution in [0, 0.1) is 11.8 Å². The Bertz CT molecular complexity index is 373.